The van der Waals surface area contributed by atoms with Crippen LogP contribution >= 0.6 is 0 Å². The minimum absolute atomic E-state index is 0.0914. The van der Waals surface area contributed by atoms with E-state index in [-0.39, 0.29) is 5.75 Å². The highest BCUT2D eigenvalue weighted by atomic mass is 16.3. The zero-order chi connectivity index (χ0) is 6.97. The average Bonchev–Trinajstić information content (AvgIpc) is 2.36. The molecule has 2 aromatic rings. The maximum Gasteiger partial charge on any atom is 0.208 e. The first kappa shape index (κ1) is 5.22. The lowest BCUT2D eigenvalue weighted by Gasteiger charge is -1.84. The van der Waals surface area contributed by atoms with Gasteiger partial charge in [0.2, 0.25) is 5.75 Å². The maximum absolute atomic E-state index is 10.9. The summed E-state index contributed by atoms with van der Waals surface area (Å²) >= 11 is 0. The summed E-state index contributed by atoms with van der Waals surface area (Å²) in [6, 6.07) is 4.89. The number of hydrogen-bond acceptors (Lipinski definition) is 2. The molecule has 4 heteroatoms. The summed E-state index contributed by atoms with van der Waals surface area (Å²) < 4.78 is 0. The van der Waals surface area contributed by atoms with Gasteiger partial charge in [0.15, 0.2) is 5.52 Å². The third-order valence-corrected chi connectivity index (χ3v) is 1.32. The molecule has 0 amide bonds. The first-order chi connectivity index (χ1) is 4.88. The Morgan fingerprint density at radius 1 is 1.40 bits per heavy atom. The second-order valence-electron chi connectivity index (χ2n) is 1.96. The van der Waals surface area contributed by atoms with E-state index >= 15 is 0 Å². The van der Waals surface area contributed by atoms with Crippen LogP contribution in [0.2, 0.25) is 0 Å². The van der Waals surface area contributed by atoms with E-state index in [1.54, 1.807) is 12.1 Å². The van der Waals surface area contributed by atoms with E-state index in [9.17, 15) is 5.11 Å². The van der Waals surface area contributed by atoms with Crippen molar-refractivity contribution in [1.82, 2.24) is 15.4 Å². The average molecular weight is 134 g/mol. The molecule has 0 aliphatic carbocycles. The van der Waals surface area contributed by atoms with Gasteiger partial charge in [-0.05, 0) is 12.1 Å². The van der Waals surface area contributed by atoms with Crippen molar-refractivity contribution in [3.63, 3.8) is 0 Å². The largest absolute Gasteiger partial charge is 0.287 e. The van der Waals surface area contributed by atoms with Crippen LogP contribution in [0.5, 0.6) is 5.75 Å². The van der Waals surface area contributed by atoms with Crippen LogP contribution in [0.3, 0.4) is 0 Å². The second-order valence-corrected chi connectivity index (χ2v) is 1.96. The van der Waals surface area contributed by atoms with Crippen molar-refractivity contribution in [2.45, 2.75) is 0 Å². The fraction of sp³-hybridized carbons (Fsp3) is 0. The highest BCUT2D eigenvalue weighted by Gasteiger charge is 2.01. The van der Waals surface area contributed by atoms with Gasteiger partial charge in [-0.2, -0.15) is 0 Å². The van der Waals surface area contributed by atoms with E-state index in [4.69, 9.17) is 0 Å². The van der Waals surface area contributed by atoms with Crippen LogP contribution in [-0.2, 0) is 5.11 Å². The molecule has 0 unspecified atom stereocenters. The molecule has 4 nitrogen and oxygen atoms in total. The van der Waals surface area contributed by atoms with Gasteiger partial charge in [0.25, 0.3) is 0 Å². The molecular weight excluding hydrogens is 130 g/mol. The number of nitrogens with zero attached hydrogens (tertiary/aromatic N) is 2. The molecule has 0 atom stereocenters. The fourth-order valence-corrected chi connectivity index (χ4v) is 0.845. The molecular formula is C6H4N3O. The molecule has 0 fully saturated rings. The van der Waals surface area contributed by atoms with E-state index in [1.165, 1.54) is 6.07 Å². The minimum atomic E-state index is -0.0914. The first-order valence-electron chi connectivity index (χ1n) is 2.85. The Bertz CT molecular complexity index is 355. The van der Waals surface area contributed by atoms with Gasteiger partial charge in [0, 0.05) is 0 Å². The van der Waals surface area contributed by atoms with E-state index in [1.807, 2.05) is 0 Å². The molecule has 1 aromatic carbocycles. The Hall–Kier alpha value is -1.58. The molecule has 0 aliphatic rings. The summed E-state index contributed by atoms with van der Waals surface area (Å²) in [5.74, 6) is -0.0914. The van der Waals surface area contributed by atoms with Gasteiger partial charge in [-0.25, -0.2) is 0 Å². The van der Waals surface area contributed by atoms with Gasteiger partial charge >= 0.3 is 0 Å². The molecule has 2 rings (SSSR count). The summed E-state index contributed by atoms with van der Waals surface area (Å²) in [7, 11) is 0. The van der Waals surface area contributed by atoms with Crippen molar-refractivity contribution in [3.8, 4) is 5.75 Å². The third kappa shape index (κ3) is 0.556. The molecule has 10 heavy (non-hydrogen) atoms. The summed E-state index contributed by atoms with van der Waals surface area (Å²) in [6.45, 7) is 0. The molecule has 0 saturated carbocycles. The van der Waals surface area contributed by atoms with Crippen LogP contribution in [0.15, 0.2) is 18.2 Å². The molecule has 1 heterocycles. The van der Waals surface area contributed by atoms with Gasteiger partial charge in [0.05, 0.1) is 5.52 Å². The Balaban J connectivity index is 2.95. The number of rotatable bonds is 0. The topological polar surface area (TPSA) is 61.5 Å². The highest BCUT2D eigenvalue weighted by Crippen LogP contribution is 2.19. The highest BCUT2D eigenvalue weighted by molar-refractivity contribution is 5.79. The van der Waals surface area contributed by atoms with Crippen LogP contribution in [0.1, 0.15) is 0 Å². The normalized spacial score (nSPS) is 10.4. The molecule has 49 valence electrons. The number of hydrogen-bond donors (Lipinski definition) is 1. The molecule has 0 saturated heterocycles. The Morgan fingerprint density at radius 3 is 3.10 bits per heavy atom. The third-order valence-electron chi connectivity index (χ3n) is 1.32. The quantitative estimate of drug-likeness (QED) is 0.586. The zero-order valence-corrected chi connectivity index (χ0v) is 5.03. The zero-order valence-electron chi connectivity index (χ0n) is 5.03. The number of fused-ring (bicyclic) bond motifs is 1. The summed E-state index contributed by atoms with van der Waals surface area (Å²) in [4.78, 5) is 0. The van der Waals surface area contributed by atoms with Gasteiger partial charge < -0.3 is 0 Å². The molecule has 1 N–H and O–H groups in total. The van der Waals surface area contributed by atoms with Crippen LogP contribution in [0, 0.1) is 0 Å². The monoisotopic (exact) mass is 134 g/mol. The summed E-state index contributed by atoms with van der Waals surface area (Å²) in [5, 5.41) is 20.6. The van der Waals surface area contributed by atoms with E-state index in [2.05, 4.69) is 15.4 Å². The predicted molar refractivity (Wildman–Crippen MR) is 34.0 cm³/mol. The predicted octanol–water partition coefficient (Wildman–Crippen LogP) is 1.10. The lowest BCUT2D eigenvalue weighted by Crippen LogP contribution is -1.67. The Labute approximate surface area is 56.5 Å². The molecule has 1 aromatic heterocycles. The first-order valence-corrected chi connectivity index (χ1v) is 2.85. The van der Waals surface area contributed by atoms with Gasteiger partial charge in [-0.15, -0.1) is 5.10 Å². The van der Waals surface area contributed by atoms with Crippen molar-refractivity contribution in [1.29, 1.82) is 0 Å². The molecule has 0 aliphatic heterocycles. The molecule has 0 bridgehead atoms. The Kier molecular flexibility index (Phi) is 0.887. The van der Waals surface area contributed by atoms with Crippen molar-refractivity contribution in [3.05, 3.63) is 18.2 Å². The molecule has 1 radical (unpaired) electrons. The van der Waals surface area contributed by atoms with Crippen molar-refractivity contribution < 1.29 is 5.11 Å². The van der Waals surface area contributed by atoms with Crippen LogP contribution < -0.4 is 0 Å². The minimum Gasteiger partial charge on any atom is -0.287 e. The smallest absolute Gasteiger partial charge is 0.208 e. The number of benzene rings is 1. The van der Waals surface area contributed by atoms with Crippen molar-refractivity contribution >= 4 is 11.0 Å². The Morgan fingerprint density at radius 2 is 2.30 bits per heavy atom. The number of nitrogens with one attached hydrogen (secondary N) is 1. The number of aromatic amines is 1. The van der Waals surface area contributed by atoms with Gasteiger partial charge in [-0.1, -0.05) is 11.3 Å². The fourth-order valence-electron chi connectivity index (χ4n) is 0.845. The summed E-state index contributed by atoms with van der Waals surface area (Å²) in [5.41, 5.74) is 1.09. The second kappa shape index (κ2) is 1.70. The van der Waals surface area contributed by atoms with Crippen LogP contribution in [0.4, 0.5) is 0 Å². The van der Waals surface area contributed by atoms with E-state index < -0.39 is 0 Å². The summed E-state index contributed by atoms with van der Waals surface area (Å²) in [6.07, 6.45) is 0. The van der Waals surface area contributed by atoms with E-state index in [0.29, 0.717) is 11.0 Å². The maximum atomic E-state index is 10.9. The van der Waals surface area contributed by atoms with Crippen LogP contribution in [0.25, 0.3) is 11.0 Å². The SMILES string of the molecule is [O]c1cccc2[nH]nnc12. The lowest BCUT2D eigenvalue weighted by atomic mass is 10.3. The molecule has 0 spiro atoms. The lowest BCUT2D eigenvalue weighted by molar-refractivity contribution is 0.359. The van der Waals surface area contributed by atoms with Crippen molar-refractivity contribution in [2.75, 3.05) is 0 Å². The number of aromatic nitrogens is 3. The number of H-pyrrole nitrogens is 1. The van der Waals surface area contributed by atoms with Gasteiger partial charge in [-0.3, -0.25) is 10.2 Å². The van der Waals surface area contributed by atoms with Crippen molar-refractivity contribution in [2.24, 2.45) is 0 Å². The van der Waals surface area contributed by atoms with Gasteiger partial charge in [0.1, 0.15) is 0 Å². The van der Waals surface area contributed by atoms with Crippen LogP contribution in [-0.4, -0.2) is 15.4 Å². The standard InChI is InChI=1S/C6H4N3O/c10-5-3-1-2-4-6(5)8-9-7-4/h1-3H,(H,7,8,9). The van der Waals surface area contributed by atoms with E-state index in [0.717, 1.165) is 0 Å².